The summed E-state index contributed by atoms with van der Waals surface area (Å²) in [6.07, 6.45) is 7.27. The number of phenols is 1. The van der Waals surface area contributed by atoms with Crippen LogP contribution in [0.4, 0.5) is 0 Å². The minimum atomic E-state index is -0.0750. The molecule has 4 rings (SSSR count). The number of hydrogen-bond acceptors (Lipinski definition) is 2. The van der Waals surface area contributed by atoms with E-state index in [4.69, 9.17) is 0 Å². The summed E-state index contributed by atoms with van der Waals surface area (Å²) < 4.78 is 0. The van der Waals surface area contributed by atoms with Crippen molar-refractivity contribution in [1.82, 2.24) is 0 Å². The van der Waals surface area contributed by atoms with Gasteiger partial charge in [-0.15, -0.1) is 0 Å². The van der Waals surface area contributed by atoms with Gasteiger partial charge in [-0.2, -0.15) is 0 Å². The lowest BCUT2D eigenvalue weighted by atomic mass is 9.55. The summed E-state index contributed by atoms with van der Waals surface area (Å²) in [5.74, 6) is 2.40. The van der Waals surface area contributed by atoms with Gasteiger partial charge in [-0.3, -0.25) is 0 Å². The second-order valence-electron chi connectivity index (χ2n) is 7.85. The first-order chi connectivity index (χ1) is 10.5. The zero-order valence-electron chi connectivity index (χ0n) is 13.4. The fraction of sp³-hybridized carbons (Fsp3) is 0.600. The van der Waals surface area contributed by atoms with Crippen LogP contribution in [0.25, 0.3) is 0 Å². The smallest absolute Gasteiger partial charge is 0.121 e. The minimum Gasteiger partial charge on any atom is -0.508 e. The Morgan fingerprint density at radius 2 is 2.05 bits per heavy atom. The highest BCUT2D eigenvalue weighted by atomic mass is 16.3. The van der Waals surface area contributed by atoms with Crippen LogP contribution in [-0.2, 0) is 13.0 Å². The number of hydrogen-bond donors (Lipinski definition) is 2. The molecule has 1 aromatic rings. The van der Waals surface area contributed by atoms with E-state index in [0.29, 0.717) is 16.9 Å². The van der Waals surface area contributed by atoms with Crippen molar-refractivity contribution in [3.63, 3.8) is 0 Å². The first-order valence-corrected chi connectivity index (χ1v) is 8.68. The average molecular weight is 298 g/mol. The fourth-order valence-corrected chi connectivity index (χ4v) is 5.69. The standard InChI is InChI=1S/C20H26O2/c1-12-3-6-18-16-5-4-13-10-19(22)14(11-21)9-17(13)15(16)7-8-20(12,18)2/h9-10,15-16,18,21-22H,1,3-8,11H2,2H3/t15-,16+,18-,20+/m0/s1. The summed E-state index contributed by atoms with van der Waals surface area (Å²) in [7, 11) is 0. The third-order valence-corrected chi connectivity index (χ3v) is 7.05. The Balaban J connectivity index is 1.74. The molecule has 2 heteroatoms. The van der Waals surface area contributed by atoms with Gasteiger partial charge in [0.1, 0.15) is 5.75 Å². The topological polar surface area (TPSA) is 40.5 Å². The number of aliphatic hydroxyl groups excluding tert-OH is 1. The van der Waals surface area contributed by atoms with Crippen LogP contribution in [0.1, 0.15) is 61.6 Å². The molecule has 3 aliphatic rings. The molecule has 3 aliphatic carbocycles. The van der Waals surface area contributed by atoms with Crippen molar-refractivity contribution in [1.29, 1.82) is 0 Å². The van der Waals surface area contributed by atoms with Crippen molar-refractivity contribution in [3.8, 4) is 5.75 Å². The highest BCUT2D eigenvalue weighted by Gasteiger charge is 2.51. The van der Waals surface area contributed by atoms with Gasteiger partial charge in [0, 0.05) is 5.56 Å². The summed E-state index contributed by atoms with van der Waals surface area (Å²) in [6, 6.07) is 3.98. The molecule has 118 valence electrons. The van der Waals surface area contributed by atoms with Gasteiger partial charge >= 0.3 is 0 Å². The maximum absolute atomic E-state index is 10.0. The Kier molecular flexibility index (Phi) is 3.16. The normalized spacial score (nSPS) is 36.6. The number of aliphatic hydroxyl groups is 1. The van der Waals surface area contributed by atoms with Gasteiger partial charge in [0.05, 0.1) is 6.61 Å². The zero-order chi connectivity index (χ0) is 15.5. The lowest BCUT2D eigenvalue weighted by Gasteiger charge is -2.49. The van der Waals surface area contributed by atoms with Crippen LogP contribution in [0.15, 0.2) is 24.3 Å². The van der Waals surface area contributed by atoms with E-state index in [0.717, 1.165) is 18.3 Å². The van der Waals surface area contributed by atoms with Crippen molar-refractivity contribution < 1.29 is 10.2 Å². The van der Waals surface area contributed by atoms with Gasteiger partial charge in [0.25, 0.3) is 0 Å². The second-order valence-corrected chi connectivity index (χ2v) is 7.85. The molecule has 0 amide bonds. The molecule has 2 nitrogen and oxygen atoms in total. The Morgan fingerprint density at radius 1 is 1.23 bits per heavy atom. The maximum Gasteiger partial charge on any atom is 0.121 e. The van der Waals surface area contributed by atoms with Crippen LogP contribution in [0, 0.1) is 17.3 Å². The molecule has 0 saturated heterocycles. The minimum absolute atomic E-state index is 0.0750. The highest BCUT2D eigenvalue weighted by Crippen LogP contribution is 2.62. The molecule has 2 saturated carbocycles. The monoisotopic (exact) mass is 298 g/mol. The summed E-state index contributed by atoms with van der Waals surface area (Å²) in [5, 5.41) is 19.5. The van der Waals surface area contributed by atoms with Crippen LogP contribution < -0.4 is 0 Å². The van der Waals surface area contributed by atoms with E-state index < -0.39 is 0 Å². The fourth-order valence-electron chi connectivity index (χ4n) is 5.69. The number of allylic oxidation sites excluding steroid dienone is 1. The SMILES string of the molecule is C=C1CC[C@H]2[C@@H]3CCc4cc(O)c(CO)cc4[C@H]3CC[C@]12C. The van der Waals surface area contributed by atoms with Crippen molar-refractivity contribution in [2.75, 3.05) is 0 Å². The zero-order valence-corrected chi connectivity index (χ0v) is 13.4. The largest absolute Gasteiger partial charge is 0.508 e. The lowest BCUT2D eigenvalue weighted by molar-refractivity contribution is 0.0815. The summed E-state index contributed by atoms with van der Waals surface area (Å²) >= 11 is 0. The Hall–Kier alpha value is -1.28. The third kappa shape index (κ3) is 1.83. The predicted molar refractivity (Wildman–Crippen MR) is 87.8 cm³/mol. The molecule has 0 radical (unpaired) electrons. The van der Waals surface area contributed by atoms with Crippen LogP contribution in [0.2, 0.25) is 0 Å². The van der Waals surface area contributed by atoms with Crippen molar-refractivity contribution in [2.45, 2.75) is 58.0 Å². The molecule has 0 unspecified atom stereocenters. The first-order valence-electron chi connectivity index (χ1n) is 8.68. The summed E-state index contributed by atoms with van der Waals surface area (Å²) in [6.45, 7) is 6.73. The van der Waals surface area contributed by atoms with E-state index in [9.17, 15) is 10.2 Å². The molecule has 0 aromatic heterocycles. The molecular formula is C20H26O2. The molecule has 2 fully saturated rings. The molecule has 0 heterocycles. The summed E-state index contributed by atoms with van der Waals surface area (Å²) in [4.78, 5) is 0. The Labute approximate surface area is 132 Å². The Morgan fingerprint density at radius 3 is 2.82 bits per heavy atom. The van der Waals surface area contributed by atoms with Crippen molar-refractivity contribution in [3.05, 3.63) is 41.0 Å². The van der Waals surface area contributed by atoms with Crippen LogP contribution in [0.3, 0.4) is 0 Å². The molecule has 0 bridgehead atoms. The van der Waals surface area contributed by atoms with E-state index in [1.165, 1.54) is 48.8 Å². The van der Waals surface area contributed by atoms with E-state index in [1.54, 1.807) is 0 Å². The molecule has 1 aromatic carbocycles. The molecular weight excluding hydrogens is 272 g/mol. The molecule has 22 heavy (non-hydrogen) atoms. The van der Waals surface area contributed by atoms with Crippen LogP contribution >= 0.6 is 0 Å². The second kappa shape index (κ2) is 4.86. The average Bonchev–Trinajstić information content (AvgIpc) is 2.82. The van der Waals surface area contributed by atoms with E-state index >= 15 is 0 Å². The van der Waals surface area contributed by atoms with E-state index in [1.807, 2.05) is 6.07 Å². The number of benzene rings is 1. The van der Waals surface area contributed by atoms with Crippen molar-refractivity contribution >= 4 is 0 Å². The van der Waals surface area contributed by atoms with Gasteiger partial charge in [-0.05, 0) is 85.0 Å². The van der Waals surface area contributed by atoms with Gasteiger partial charge in [0.15, 0.2) is 0 Å². The number of rotatable bonds is 1. The van der Waals surface area contributed by atoms with Crippen LogP contribution in [0.5, 0.6) is 5.75 Å². The molecule has 4 atom stereocenters. The Bertz CT molecular complexity index is 633. The number of aromatic hydroxyl groups is 1. The van der Waals surface area contributed by atoms with Gasteiger partial charge in [-0.1, -0.05) is 19.1 Å². The van der Waals surface area contributed by atoms with E-state index in [2.05, 4.69) is 19.6 Å². The van der Waals surface area contributed by atoms with E-state index in [-0.39, 0.29) is 12.4 Å². The van der Waals surface area contributed by atoms with Gasteiger partial charge in [-0.25, -0.2) is 0 Å². The highest BCUT2D eigenvalue weighted by molar-refractivity contribution is 5.45. The predicted octanol–water partition coefficient (Wildman–Crippen LogP) is 4.30. The third-order valence-electron chi connectivity index (χ3n) is 7.05. The first kappa shape index (κ1) is 14.3. The van der Waals surface area contributed by atoms with Crippen molar-refractivity contribution in [2.24, 2.45) is 17.3 Å². The number of fused-ring (bicyclic) bond motifs is 5. The molecule has 2 N–H and O–H groups in total. The summed E-state index contributed by atoms with van der Waals surface area (Å²) in [5.41, 5.74) is 5.22. The van der Waals surface area contributed by atoms with Crippen LogP contribution in [-0.4, -0.2) is 10.2 Å². The maximum atomic E-state index is 10.0. The quantitative estimate of drug-likeness (QED) is 0.759. The molecule has 0 aliphatic heterocycles. The van der Waals surface area contributed by atoms with Gasteiger partial charge < -0.3 is 10.2 Å². The van der Waals surface area contributed by atoms with Gasteiger partial charge in [0.2, 0.25) is 0 Å². The lowest BCUT2D eigenvalue weighted by Crippen LogP contribution is -2.40. The molecule has 0 spiro atoms. The number of aryl methyl sites for hydroxylation is 1.